The van der Waals surface area contributed by atoms with Gasteiger partial charge in [0.15, 0.2) is 11.5 Å². The maximum atomic E-state index is 13.0. The molecule has 31 heavy (non-hydrogen) atoms. The number of fused-ring (bicyclic) bond motifs is 1. The maximum Gasteiger partial charge on any atom is 0.243 e. The Labute approximate surface area is 185 Å². The van der Waals surface area contributed by atoms with Crippen molar-refractivity contribution in [3.05, 3.63) is 47.0 Å². The van der Waals surface area contributed by atoms with Crippen LogP contribution in [0, 0.1) is 17.2 Å². The lowest BCUT2D eigenvalue weighted by Gasteiger charge is -2.31. The van der Waals surface area contributed by atoms with E-state index in [0.29, 0.717) is 48.3 Å². The molecule has 0 spiro atoms. The predicted molar refractivity (Wildman–Crippen MR) is 114 cm³/mol. The number of anilines is 1. The Balaban J connectivity index is 1.40. The first-order valence-corrected chi connectivity index (χ1v) is 11.6. The molecule has 10 heteroatoms. The molecule has 1 N–H and O–H groups in total. The van der Waals surface area contributed by atoms with Crippen LogP contribution in [0.15, 0.2) is 41.3 Å². The third-order valence-corrected chi connectivity index (χ3v) is 7.55. The lowest BCUT2D eigenvalue weighted by Crippen LogP contribution is -2.41. The van der Waals surface area contributed by atoms with Crippen molar-refractivity contribution in [2.75, 3.05) is 31.6 Å². The largest absolute Gasteiger partial charge is 0.486 e. The highest BCUT2D eigenvalue weighted by atomic mass is 35.5. The number of halogens is 1. The van der Waals surface area contributed by atoms with Gasteiger partial charge in [-0.05, 0) is 43.2 Å². The average Bonchev–Trinajstić information content (AvgIpc) is 2.80. The van der Waals surface area contributed by atoms with E-state index in [-0.39, 0.29) is 35.4 Å². The minimum atomic E-state index is -3.70. The van der Waals surface area contributed by atoms with Gasteiger partial charge in [-0.1, -0.05) is 11.6 Å². The summed E-state index contributed by atoms with van der Waals surface area (Å²) in [7, 11) is -3.70. The monoisotopic (exact) mass is 461 g/mol. The van der Waals surface area contributed by atoms with Crippen LogP contribution < -0.4 is 14.8 Å². The van der Waals surface area contributed by atoms with Crippen molar-refractivity contribution >= 4 is 33.2 Å². The highest BCUT2D eigenvalue weighted by molar-refractivity contribution is 7.89. The maximum absolute atomic E-state index is 13.0. The van der Waals surface area contributed by atoms with E-state index >= 15 is 0 Å². The molecule has 0 aliphatic carbocycles. The second-order valence-electron chi connectivity index (χ2n) is 7.28. The smallest absolute Gasteiger partial charge is 0.243 e. The number of ether oxygens (including phenoxy) is 2. The number of sulfonamides is 1. The van der Waals surface area contributed by atoms with Crippen molar-refractivity contribution in [2.45, 2.75) is 17.7 Å². The second kappa shape index (κ2) is 8.75. The molecular weight excluding hydrogens is 442 g/mol. The van der Waals surface area contributed by atoms with E-state index in [1.54, 1.807) is 18.2 Å². The minimum absolute atomic E-state index is 0.143. The summed E-state index contributed by atoms with van der Waals surface area (Å²) in [5.74, 6) is 0.416. The van der Waals surface area contributed by atoms with E-state index in [9.17, 15) is 13.2 Å². The zero-order valence-corrected chi connectivity index (χ0v) is 18.1. The Hall–Kier alpha value is -2.80. The number of nitriles is 1. The molecule has 4 rings (SSSR count). The first-order valence-electron chi connectivity index (χ1n) is 9.79. The zero-order valence-electron chi connectivity index (χ0n) is 16.5. The highest BCUT2D eigenvalue weighted by Gasteiger charge is 2.33. The first-order chi connectivity index (χ1) is 14.9. The number of nitrogens with one attached hydrogen (secondary N) is 1. The molecule has 162 valence electrons. The number of nitrogens with zero attached hydrogens (tertiary/aromatic N) is 2. The van der Waals surface area contributed by atoms with Crippen LogP contribution in [0.2, 0.25) is 5.02 Å². The number of amides is 1. The van der Waals surface area contributed by atoms with Crippen molar-refractivity contribution in [1.82, 2.24) is 4.31 Å². The normalized spacial score (nSPS) is 17.0. The molecule has 2 heterocycles. The summed E-state index contributed by atoms with van der Waals surface area (Å²) in [4.78, 5) is 12.8. The van der Waals surface area contributed by atoms with Gasteiger partial charge in [-0.25, -0.2) is 8.42 Å². The molecule has 2 aliphatic rings. The third kappa shape index (κ3) is 4.46. The Morgan fingerprint density at radius 1 is 1.10 bits per heavy atom. The molecule has 2 aromatic carbocycles. The molecule has 0 radical (unpaired) electrons. The van der Waals surface area contributed by atoms with Crippen LogP contribution >= 0.6 is 11.6 Å². The molecule has 0 aromatic heterocycles. The van der Waals surface area contributed by atoms with Gasteiger partial charge in [0, 0.05) is 30.8 Å². The molecule has 1 saturated heterocycles. The molecule has 1 fully saturated rings. The highest BCUT2D eigenvalue weighted by Crippen LogP contribution is 2.34. The molecule has 2 aliphatic heterocycles. The number of hydrogen-bond acceptors (Lipinski definition) is 6. The molecule has 0 saturated carbocycles. The van der Waals surface area contributed by atoms with Crippen LogP contribution in [0.5, 0.6) is 11.5 Å². The summed E-state index contributed by atoms with van der Waals surface area (Å²) < 4.78 is 38.4. The van der Waals surface area contributed by atoms with E-state index in [1.807, 2.05) is 6.07 Å². The summed E-state index contributed by atoms with van der Waals surface area (Å²) in [6.45, 7) is 1.28. The number of piperidine rings is 1. The Morgan fingerprint density at radius 2 is 1.81 bits per heavy atom. The van der Waals surface area contributed by atoms with Crippen molar-refractivity contribution in [2.24, 2.45) is 5.92 Å². The van der Waals surface area contributed by atoms with Crippen molar-refractivity contribution in [3.63, 3.8) is 0 Å². The van der Waals surface area contributed by atoms with Crippen LogP contribution in [0.25, 0.3) is 0 Å². The van der Waals surface area contributed by atoms with Crippen LogP contribution in [0.3, 0.4) is 0 Å². The average molecular weight is 462 g/mol. The topological polar surface area (TPSA) is 109 Å². The SMILES string of the molecule is N#Cc1cc(NC(=O)C2CCN(S(=O)(=O)c3ccc4c(c3)OCCO4)CC2)ccc1Cl. The van der Waals surface area contributed by atoms with Gasteiger partial charge in [0.25, 0.3) is 0 Å². The lowest BCUT2D eigenvalue weighted by molar-refractivity contribution is -0.120. The van der Waals surface area contributed by atoms with Crippen molar-refractivity contribution in [3.8, 4) is 17.6 Å². The Morgan fingerprint density at radius 3 is 2.52 bits per heavy atom. The van der Waals surface area contributed by atoms with Crippen LogP contribution in [0.1, 0.15) is 18.4 Å². The molecular formula is C21H20ClN3O5S. The van der Waals surface area contributed by atoms with Gasteiger partial charge in [-0.2, -0.15) is 9.57 Å². The fraction of sp³-hybridized carbons (Fsp3) is 0.333. The summed E-state index contributed by atoms with van der Waals surface area (Å²) in [6.07, 6.45) is 0.794. The quantitative estimate of drug-likeness (QED) is 0.749. The minimum Gasteiger partial charge on any atom is -0.486 e. The van der Waals surface area contributed by atoms with Crippen LogP contribution in [-0.2, 0) is 14.8 Å². The Bertz CT molecular complexity index is 1150. The van der Waals surface area contributed by atoms with Crippen molar-refractivity contribution in [1.29, 1.82) is 5.26 Å². The number of rotatable bonds is 4. The fourth-order valence-electron chi connectivity index (χ4n) is 3.62. The van der Waals surface area contributed by atoms with E-state index in [2.05, 4.69) is 5.32 Å². The molecule has 2 aromatic rings. The van der Waals surface area contributed by atoms with Gasteiger partial charge in [0.1, 0.15) is 19.3 Å². The zero-order chi connectivity index (χ0) is 22.0. The number of hydrogen-bond donors (Lipinski definition) is 1. The van der Waals surface area contributed by atoms with Gasteiger partial charge in [-0.3, -0.25) is 4.79 Å². The lowest BCUT2D eigenvalue weighted by atomic mass is 9.97. The van der Waals surface area contributed by atoms with Gasteiger partial charge in [0.05, 0.1) is 15.5 Å². The molecule has 1 amide bonds. The van der Waals surface area contributed by atoms with E-state index < -0.39 is 10.0 Å². The molecule has 0 bridgehead atoms. The first kappa shape index (κ1) is 21.4. The number of carbonyl (C=O) groups excluding carboxylic acids is 1. The van der Waals surface area contributed by atoms with E-state index in [4.69, 9.17) is 26.3 Å². The summed E-state index contributed by atoms with van der Waals surface area (Å²) in [6, 6.07) is 11.3. The Kier molecular flexibility index (Phi) is 6.05. The molecule has 0 unspecified atom stereocenters. The summed E-state index contributed by atoms with van der Waals surface area (Å²) in [5.41, 5.74) is 0.761. The summed E-state index contributed by atoms with van der Waals surface area (Å²) >= 11 is 5.92. The predicted octanol–water partition coefficient (Wildman–Crippen LogP) is 3.02. The van der Waals surface area contributed by atoms with Crippen LogP contribution in [-0.4, -0.2) is 44.9 Å². The number of carbonyl (C=O) groups is 1. The molecule has 8 nitrogen and oxygen atoms in total. The third-order valence-electron chi connectivity index (χ3n) is 5.33. The van der Waals surface area contributed by atoms with Gasteiger partial charge < -0.3 is 14.8 Å². The van der Waals surface area contributed by atoms with E-state index in [0.717, 1.165) is 0 Å². The second-order valence-corrected chi connectivity index (χ2v) is 9.62. The van der Waals surface area contributed by atoms with Gasteiger partial charge in [0.2, 0.25) is 15.9 Å². The van der Waals surface area contributed by atoms with Crippen molar-refractivity contribution < 1.29 is 22.7 Å². The number of benzene rings is 2. The van der Waals surface area contributed by atoms with Crippen LogP contribution in [0.4, 0.5) is 5.69 Å². The molecule has 0 atom stereocenters. The van der Waals surface area contributed by atoms with E-state index in [1.165, 1.54) is 22.5 Å². The van der Waals surface area contributed by atoms with Gasteiger partial charge >= 0.3 is 0 Å². The van der Waals surface area contributed by atoms with Gasteiger partial charge in [-0.15, -0.1) is 0 Å². The fourth-order valence-corrected chi connectivity index (χ4v) is 5.27. The standard InChI is InChI=1S/C21H20ClN3O5S/c22-18-3-1-16(11-15(18)13-23)24-21(26)14-5-7-25(8-6-14)31(27,28)17-2-4-19-20(12-17)30-10-9-29-19/h1-4,11-12,14H,5-10H2,(H,24,26). The summed E-state index contributed by atoms with van der Waals surface area (Å²) in [5, 5.41) is 12.2.